The second kappa shape index (κ2) is 5.55. The minimum atomic E-state index is -1.14. The number of hydrogen-bond donors (Lipinski definition) is 0. The molecule has 0 heterocycles. The molecular weight excluding hydrogens is 152 g/mol. The Labute approximate surface area is 75.9 Å². The summed E-state index contributed by atoms with van der Waals surface area (Å²) in [6, 6.07) is 0. The van der Waals surface area contributed by atoms with Crippen LogP contribution >= 0.6 is 0 Å². The van der Waals surface area contributed by atoms with E-state index >= 15 is 0 Å². The van der Waals surface area contributed by atoms with Crippen LogP contribution in [-0.2, 0) is 9.84 Å². The van der Waals surface area contributed by atoms with Crippen LogP contribution in [0.2, 0.25) is 0 Å². The Morgan fingerprint density at radius 1 is 1.25 bits per heavy atom. The van der Waals surface area contributed by atoms with Gasteiger partial charge in [0.05, 0.1) is 6.61 Å². The van der Waals surface area contributed by atoms with E-state index < -0.39 is 5.79 Å². The Morgan fingerprint density at radius 3 is 2.08 bits per heavy atom. The van der Waals surface area contributed by atoms with Gasteiger partial charge in [0.1, 0.15) is 0 Å². The third-order valence-corrected chi connectivity index (χ3v) is 2.41. The van der Waals surface area contributed by atoms with Crippen LogP contribution in [0.25, 0.3) is 0 Å². The Hall–Kier alpha value is -0.0800. The van der Waals surface area contributed by atoms with Crippen molar-refractivity contribution in [2.24, 2.45) is 5.92 Å². The molecule has 1 radical (unpaired) electrons. The normalized spacial score (nSPS) is 14.8. The summed E-state index contributed by atoms with van der Waals surface area (Å²) >= 11 is 0. The van der Waals surface area contributed by atoms with E-state index in [0.29, 0.717) is 25.4 Å². The zero-order valence-electron chi connectivity index (χ0n) is 8.72. The van der Waals surface area contributed by atoms with Crippen LogP contribution in [0.3, 0.4) is 0 Å². The van der Waals surface area contributed by atoms with Gasteiger partial charge in [0.15, 0.2) is 0 Å². The summed E-state index contributed by atoms with van der Waals surface area (Å²) in [5.41, 5.74) is 0. The molecule has 0 saturated carbocycles. The maximum atomic E-state index is 11.6. The molecule has 1 unspecified atom stereocenters. The van der Waals surface area contributed by atoms with Crippen molar-refractivity contribution in [2.75, 3.05) is 6.61 Å². The predicted octanol–water partition coefficient (Wildman–Crippen LogP) is 3.00. The van der Waals surface area contributed by atoms with Gasteiger partial charge in [0.2, 0.25) is 5.79 Å². The fraction of sp³-hybridized carbons (Fsp3) is 1.00. The summed E-state index contributed by atoms with van der Waals surface area (Å²) in [6.45, 7) is 8.58. The molecular formula is C10H21O2. The van der Waals surface area contributed by atoms with Crippen molar-refractivity contribution in [1.82, 2.24) is 0 Å². The molecule has 0 aromatic heterocycles. The average Bonchev–Trinajstić information content (AvgIpc) is 2.13. The van der Waals surface area contributed by atoms with Crippen molar-refractivity contribution in [2.45, 2.75) is 52.7 Å². The molecule has 12 heavy (non-hydrogen) atoms. The Kier molecular flexibility index (Phi) is 5.51. The van der Waals surface area contributed by atoms with E-state index in [1.165, 1.54) is 0 Å². The number of hydrogen-bond acceptors (Lipinski definition) is 1. The summed E-state index contributed by atoms with van der Waals surface area (Å²) in [5.74, 6) is -0.639. The minimum absolute atomic E-state index is 0.497. The Morgan fingerprint density at radius 2 is 1.75 bits per heavy atom. The molecule has 0 spiro atoms. The van der Waals surface area contributed by atoms with Crippen molar-refractivity contribution >= 4 is 0 Å². The Bertz CT molecular complexity index is 108. The monoisotopic (exact) mass is 173 g/mol. The lowest BCUT2D eigenvalue weighted by atomic mass is 10.1. The first kappa shape index (κ1) is 11.9. The van der Waals surface area contributed by atoms with E-state index in [1.807, 2.05) is 13.8 Å². The zero-order valence-corrected chi connectivity index (χ0v) is 8.72. The number of ether oxygens (including phenoxy) is 1. The first-order chi connectivity index (χ1) is 5.58. The van der Waals surface area contributed by atoms with Crippen molar-refractivity contribution < 1.29 is 9.84 Å². The molecule has 0 aliphatic rings. The second-order valence-corrected chi connectivity index (χ2v) is 3.44. The van der Waals surface area contributed by atoms with Gasteiger partial charge in [-0.05, 0) is 5.92 Å². The van der Waals surface area contributed by atoms with Crippen LogP contribution in [0, 0.1) is 5.92 Å². The first-order valence-corrected chi connectivity index (χ1v) is 4.92. The van der Waals surface area contributed by atoms with Gasteiger partial charge >= 0.3 is 0 Å². The van der Waals surface area contributed by atoms with Crippen molar-refractivity contribution in [1.29, 1.82) is 0 Å². The van der Waals surface area contributed by atoms with Gasteiger partial charge in [-0.3, -0.25) is 0 Å². The molecule has 0 saturated heterocycles. The van der Waals surface area contributed by atoms with E-state index in [1.54, 1.807) is 0 Å². The quantitative estimate of drug-likeness (QED) is 0.568. The van der Waals surface area contributed by atoms with Crippen molar-refractivity contribution in [3.05, 3.63) is 0 Å². The van der Waals surface area contributed by atoms with Crippen LogP contribution < -0.4 is 0 Å². The topological polar surface area (TPSA) is 29.1 Å². The lowest BCUT2D eigenvalue weighted by molar-refractivity contribution is -0.248. The zero-order chi connectivity index (χ0) is 9.61. The molecule has 2 nitrogen and oxygen atoms in total. The van der Waals surface area contributed by atoms with Gasteiger partial charge in [-0.1, -0.05) is 34.1 Å². The van der Waals surface area contributed by atoms with Crippen LogP contribution in [-0.4, -0.2) is 12.4 Å². The van der Waals surface area contributed by atoms with Gasteiger partial charge in [-0.2, -0.15) is 5.11 Å². The fourth-order valence-corrected chi connectivity index (χ4v) is 0.866. The van der Waals surface area contributed by atoms with Gasteiger partial charge in [0.25, 0.3) is 0 Å². The molecule has 73 valence electrons. The average molecular weight is 173 g/mol. The molecule has 1 atom stereocenters. The SMILES string of the molecule is CCC(C)COC([O])(CC)CC. The van der Waals surface area contributed by atoms with E-state index in [2.05, 4.69) is 13.8 Å². The summed E-state index contributed by atoms with van der Waals surface area (Å²) in [5, 5.41) is 11.6. The molecule has 0 rings (SSSR count). The van der Waals surface area contributed by atoms with Crippen LogP contribution in [0.15, 0.2) is 0 Å². The maximum absolute atomic E-state index is 11.6. The molecule has 2 heteroatoms. The molecule has 0 aliphatic carbocycles. The third kappa shape index (κ3) is 4.07. The van der Waals surface area contributed by atoms with Crippen molar-refractivity contribution in [3.8, 4) is 0 Å². The second-order valence-electron chi connectivity index (χ2n) is 3.44. The third-order valence-electron chi connectivity index (χ3n) is 2.41. The van der Waals surface area contributed by atoms with Gasteiger partial charge in [0, 0.05) is 12.8 Å². The highest BCUT2D eigenvalue weighted by Gasteiger charge is 2.25. The highest BCUT2D eigenvalue weighted by molar-refractivity contribution is 4.62. The largest absolute Gasteiger partial charge is 0.347 e. The molecule has 0 aromatic carbocycles. The Balaban J connectivity index is 3.72. The smallest absolute Gasteiger partial charge is 0.201 e. The molecule has 0 aromatic rings. The summed E-state index contributed by atoms with van der Waals surface area (Å²) in [4.78, 5) is 0. The van der Waals surface area contributed by atoms with Gasteiger partial charge < -0.3 is 4.74 Å². The predicted molar refractivity (Wildman–Crippen MR) is 49.4 cm³/mol. The van der Waals surface area contributed by atoms with Gasteiger partial charge in [-0.15, -0.1) is 0 Å². The van der Waals surface area contributed by atoms with E-state index in [-0.39, 0.29) is 0 Å². The molecule has 0 N–H and O–H groups in total. The van der Waals surface area contributed by atoms with Gasteiger partial charge in [-0.25, -0.2) is 0 Å². The van der Waals surface area contributed by atoms with Crippen molar-refractivity contribution in [3.63, 3.8) is 0 Å². The van der Waals surface area contributed by atoms with E-state index in [4.69, 9.17) is 4.74 Å². The lowest BCUT2D eigenvalue weighted by Gasteiger charge is -2.24. The first-order valence-electron chi connectivity index (χ1n) is 4.92. The number of rotatable bonds is 6. The summed E-state index contributed by atoms with van der Waals surface area (Å²) in [7, 11) is 0. The van der Waals surface area contributed by atoms with Crippen LogP contribution in [0.4, 0.5) is 0 Å². The fourth-order valence-electron chi connectivity index (χ4n) is 0.866. The highest BCUT2D eigenvalue weighted by Crippen LogP contribution is 2.18. The standard InChI is InChI=1S/C10H21O2/c1-5-9(4)8-12-10(11,6-2)7-3/h9H,5-8H2,1-4H3. The molecule has 0 amide bonds. The molecule has 0 bridgehead atoms. The molecule has 0 fully saturated rings. The summed E-state index contributed by atoms with van der Waals surface area (Å²) < 4.78 is 5.33. The van der Waals surface area contributed by atoms with E-state index in [9.17, 15) is 5.11 Å². The highest BCUT2D eigenvalue weighted by atomic mass is 16.6. The van der Waals surface area contributed by atoms with Crippen LogP contribution in [0.1, 0.15) is 47.0 Å². The minimum Gasteiger partial charge on any atom is -0.347 e. The maximum Gasteiger partial charge on any atom is 0.201 e. The molecule has 0 aliphatic heterocycles. The summed E-state index contributed by atoms with van der Waals surface area (Å²) in [6.07, 6.45) is 2.18. The van der Waals surface area contributed by atoms with E-state index in [0.717, 1.165) is 6.42 Å². The van der Waals surface area contributed by atoms with Crippen LogP contribution in [0.5, 0.6) is 0 Å². The lowest BCUT2D eigenvalue weighted by Crippen LogP contribution is -2.30.